The maximum atomic E-state index is 11.8. The number of hydrogen-bond donors (Lipinski definition) is 1. The van der Waals surface area contributed by atoms with Crippen LogP contribution in [-0.4, -0.2) is 13.0 Å². The summed E-state index contributed by atoms with van der Waals surface area (Å²) in [5.74, 6) is 1.42. The van der Waals surface area contributed by atoms with Gasteiger partial charge < -0.3 is 14.8 Å². The third-order valence-corrected chi connectivity index (χ3v) is 4.71. The molecular formula is C20H24BrNO3. The largest absolute Gasteiger partial charge is 0.496 e. The second-order valence-electron chi connectivity index (χ2n) is 5.74. The van der Waals surface area contributed by atoms with Crippen LogP contribution in [0.15, 0.2) is 34.8 Å². The third kappa shape index (κ3) is 4.75. The second-order valence-corrected chi connectivity index (χ2v) is 6.59. The average Bonchev–Trinajstić information content (AvgIpc) is 2.62. The fourth-order valence-electron chi connectivity index (χ4n) is 2.60. The van der Waals surface area contributed by atoms with Crippen molar-refractivity contribution >= 4 is 27.5 Å². The van der Waals surface area contributed by atoms with E-state index in [0.29, 0.717) is 24.5 Å². The summed E-state index contributed by atoms with van der Waals surface area (Å²) in [6.07, 6.45) is 1.39. The predicted molar refractivity (Wildman–Crippen MR) is 105 cm³/mol. The first-order chi connectivity index (χ1) is 12.0. The molecule has 2 aromatic rings. The van der Waals surface area contributed by atoms with Crippen molar-refractivity contribution in [3.8, 4) is 11.5 Å². The monoisotopic (exact) mass is 405 g/mol. The van der Waals surface area contributed by atoms with Crippen molar-refractivity contribution in [2.24, 2.45) is 0 Å². The number of anilines is 1. The molecule has 0 heterocycles. The summed E-state index contributed by atoms with van der Waals surface area (Å²) in [7, 11) is 1.61. The minimum atomic E-state index is -0.0428. The Morgan fingerprint density at radius 1 is 1.20 bits per heavy atom. The maximum absolute atomic E-state index is 11.8. The van der Waals surface area contributed by atoms with Gasteiger partial charge in [-0.25, -0.2) is 0 Å². The zero-order valence-corrected chi connectivity index (χ0v) is 16.7. The Labute approximate surface area is 157 Å². The zero-order valence-electron chi connectivity index (χ0n) is 15.1. The highest BCUT2D eigenvalue weighted by Gasteiger charge is 2.13. The molecule has 4 nitrogen and oxygen atoms in total. The Kier molecular flexibility index (Phi) is 6.88. The van der Waals surface area contributed by atoms with E-state index >= 15 is 0 Å². The standard InChI is InChI=1S/C20H24BrNO3/c1-5-14-11-16(21)19(10-13(14)3)25-12-15-17(22-20(23)6-2)8-7-9-18(15)24-4/h7-11H,5-6,12H2,1-4H3,(H,22,23). The van der Waals surface area contributed by atoms with E-state index < -0.39 is 0 Å². The molecule has 25 heavy (non-hydrogen) atoms. The van der Waals surface area contributed by atoms with E-state index in [1.807, 2.05) is 31.2 Å². The molecule has 0 atom stereocenters. The number of benzene rings is 2. The highest BCUT2D eigenvalue weighted by atomic mass is 79.9. The van der Waals surface area contributed by atoms with E-state index in [9.17, 15) is 4.79 Å². The summed E-state index contributed by atoms with van der Waals surface area (Å²) in [4.78, 5) is 11.8. The SMILES string of the molecule is CCC(=O)Nc1cccc(OC)c1COc1cc(C)c(CC)cc1Br. The highest BCUT2D eigenvalue weighted by molar-refractivity contribution is 9.10. The van der Waals surface area contributed by atoms with Gasteiger partial charge in [-0.2, -0.15) is 0 Å². The molecule has 0 aliphatic heterocycles. The molecule has 0 bridgehead atoms. The second kappa shape index (κ2) is 8.90. The van der Waals surface area contributed by atoms with E-state index in [0.717, 1.165) is 22.2 Å². The molecule has 0 spiro atoms. The van der Waals surface area contributed by atoms with Gasteiger partial charge >= 0.3 is 0 Å². The van der Waals surface area contributed by atoms with Crippen molar-refractivity contribution in [2.45, 2.75) is 40.2 Å². The van der Waals surface area contributed by atoms with E-state index in [2.05, 4.69) is 41.2 Å². The average molecular weight is 406 g/mol. The molecular weight excluding hydrogens is 382 g/mol. The third-order valence-electron chi connectivity index (χ3n) is 4.09. The van der Waals surface area contributed by atoms with Gasteiger partial charge in [0.1, 0.15) is 18.1 Å². The highest BCUT2D eigenvalue weighted by Crippen LogP contribution is 2.32. The first-order valence-corrected chi connectivity index (χ1v) is 9.16. The summed E-state index contributed by atoms with van der Waals surface area (Å²) >= 11 is 3.58. The van der Waals surface area contributed by atoms with Crippen molar-refractivity contribution in [3.63, 3.8) is 0 Å². The fourth-order valence-corrected chi connectivity index (χ4v) is 3.10. The van der Waals surface area contributed by atoms with Crippen LogP contribution in [0.2, 0.25) is 0 Å². The van der Waals surface area contributed by atoms with E-state index in [1.165, 1.54) is 11.1 Å². The molecule has 0 unspecified atom stereocenters. The van der Waals surface area contributed by atoms with Crippen LogP contribution in [0.1, 0.15) is 37.0 Å². The first kappa shape index (κ1) is 19.3. The van der Waals surface area contributed by atoms with Gasteiger partial charge in [-0.05, 0) is 64.7 Å². The Bertz CT molecular complexity index is 759. The van der Waals surface area contributed by atoms with Crippen LogP contribution in [0, 0.1) is 6.92 Å². The molecule has 2 rings (SSSR count). The van der Waals surface area contributed by atoms with Gasteiger partial charge in [0.05, 0.1) is 22.8 Å². The Morgan fingerprint density at radius 3 is 2.60 bits per heavy atom. The minimum absolute atomic E-state index is 0.0428. The van der Waals surface area contributed by atoms with Gasteiger partial charge in [0, 0.05) is 6.42 Å². The Morgan fingerprint density at radius 2 is 1.96 bits per heavy atom. The number of methoxy groups -OCH3 is 1. The lowest BCUT2D eigenvalue weighted by atomic mass is 10.1. The number of amides is 1. The normalized spacial score (nSPS) is 10.4. The molecule has 1 amide bonds. The number of aryl methyl sites for hydroxylation is 2. The van der Waals surface area contributed by atoms with Gasteiger partial charge in [0.25, 0.3) is 0 Å². The van der Waals surface area contributed by atoms with Crippen molar-refractivity contribution in [1.82, 2.24) is 0 Å². The van der Waals surface area contributed by atoms with Crippen LogP contribution in [0.4, 0.5) is 5.69 Å². The van der Waals surface area contributed by atoms with Crippen LogP contribution in [-0.2, 0) is 17.8 Å². The van der Waals surface area contributed by atoms with E-state index in [-0.39, 0.29) is 5.91 Å². The molecule has 2 aromatic carbocycles. The number of rotatable bonds is 7. The fraction of sp³-hybridized carbons (Fsp3) is 0.350. The lowest BCUT2D eigenvalue weighted by Crippen LogP contribution is -2.13. The number of carbonyl (C=O) groups excluding carboxylic acids is 1. The molecule has 134 valence electrons. The van der Waals surface area contributed by atoms with Gasteiger partial charge in [0.2, 0.25) is 5.91 Å². The molecule has 0 aromatic heterocycles. The summed E-state index contributed by atoms with van der Waals surface area (Å²) in [6, 6.07) is 9.69. The summed E-state index contributed by atoms with van der Waals surface area (Å²) in [5.41, 5.74) is 4.01. The molecule has 0 aliphatic carbocycles. The number of halogens is 1. The number of ether oxygens (including phenoxy) is 2. The van der Waals surface area contributed by atoms with Gasteiger partial charge in [0.15, 0.2) is 0 Å². The lowest BCUT2D eigenvalue weighted by molar-refractivity contribution is -0.115. The molecule has 5 heteroatoms. The van der Waals surface area contributed by atoms with Gasteiger partial charge in [-0.3, -0.25) is 4.79 Å². The van der Waals surface area contributed by atoms with Crippen LogP contribution < -0.4 is 14.8 Å². The van der Waals surface area contributed by atoms with Crippen molar-refractivity contribution < 1.29 is 14.3 Å². The minimum Gasteiger partial charge on any atom is -0.496 e. The maximum Gasteiger partial charge on any atom is 0.224 e. The topological polar surface area (TPSA) is 47.6 Å². The van der Waals surface area contributed by atoms with Gasteiger partial charge in [-0.15, -0.1) is 0 Å². The van der Waals surface area contributed by atoms with Crippen LogP contribution >= 0.6 is 15.9 Å². The molecule has 0 saturated heterocycles. The van der Waals surface area contributed by atoms with Crippen molar-refractivity contribution in [3.05, 3.63) is 51.5 Å². The summed E-state index contributed by atoms with van der Waals surface area (Å²) in [5, 5.41) is 2.90. The van der Waals surface area contributed by atoms with Crippen LogP contribution in [0.5, 0.6) is 11.5 Å². The molecule has 0 saturated carbocycles. The predicted octanol–water partition coefficient (Wildman–Crippen LogP) is 5.26. The lowest BCUT2D eigenvalue weighted by Gasteiger charge is -2.17. The number of nitrogens with one attached hydrogen (secondary N) is 1. The molecule has 0 aliphatic rings. The van der Waals surface area contributed by atoms with Crippen LogP contribution in [0.25, 0.3) is 0 Å². The van der Waals surface area contributed by atoms with E-state index in [1.54, 1.807) is 7.11 Å². The number of carbonyl (C=O) groups is 1. The summed E-state index contributed by atoms with van der Waals surface area (Å²) in [6.45, 7) is 6.33. The first-order valence-electron chi connectivity index (χ1n) is 8.37. The van der Waals surface area contributed by atoms with Crippen LogP contribution in [0.3, 0.4) is 0 Å². The number of hydrogen-bond acceptors (Lipinski definition) is 3. The smallest absolute Gasteiger partial charge is 0.224 e. The summed E-state index contributed by atoms with van der Waals surface area (Å²) < 4.78 is 12.4. The van der Waals surface area contributed by atoms with Gasteiger partial charge in [-0.1, -0.05) is 19.9 Å². The Balaban J connectivity index is 2.28. The zero-order chi connectivity index (χ0) is 18.4. The van der Waals surface area contributed by atoms with Crippen molar-refractivity contribution in [1.29, 1.82) is 0 Å². The molecule has 0 fully saturated rings. The molecule has 1 N–H and O–H groups in total. The van der Waals surface area contributed by atoms with E-state index in [4.69, 9.17) is 9.47 Å². The van der Waals surface area contributed by atoms with Crippen molar-refractivity contribution in [2.75, 3.05) is 12.4 Å². The molecule has 0 radical (unpaired) electrons. The quantitative estimate of drug-likeness (QED) is 0.683. The Hall–Kier alpha value is -2.01.